The quantitative estimate of drug-likeness (QED) is 0.339. The first-order valence-electron chi connectivity index (χ1n) is 11.7. The number of carbonyl (C=O) groups excluding carboxylic acids is 1. The normalized spacial score (nSPS) is 13.5. The van der Waals surface area contributed by atoms with Gasteiger partial charge in [-0.25, -0.2) is 15.0 Å². The van der Waals surface area contributed by atoms with Gasteiger partial charge in [0, 0.05) is 35.5 Å². The summed E-state index contributed by atoms with van der Waals surface area (Å²) in [6.07, 6.45) is 10.8. The van der Waals surface area contributed by atoms with Crippen molar-refractivity contribution in [1.29, 1.82) is 0 Å². The molecule has 0 spiro atoms. The number of anilines is 1. The fourth-order valence-corrected chi connectivity index (χ4v) is 4.40. The Bertz CT molecular complexity index is 1770. The highest BCUT2D eigenvalue weighted by atomic mass is 16.2. The van der Waals surface area contributed by atoms with Crippen LogP contribution < -0.4 is 5.32 Å². The molecule has 10 heteroatoms. The van der Waals surface area contributed by atoms with Crippen molar-refractivity contribution in [1.82, 2.24) is 39.7 Å². The number of rotatable bonds is 5. The molecule has 1 aliphatic carbocycles. The lowest BCUT2D eigenvalue weighted by Crippen LogP contribution is -2.13. The van der Waals surface area contributed by atoms with E-state index in [0.29, 0.717) is 11.4 Å². The zero-order valence-corrected chi connectivity index (χ0v) is 19.4. The standard InChI is InChI=1S/C26H21N9O/c1-14-12-35(13-29-14)22-6-7-28-25-18(22)9-21(32-25)24-23-20(33-34-24)5-4-19(31-23)16-8-17(11-27-10-16)30-26(36)15-2-3-15/h4-13,15H,2-3H2,1H3,(H,28,32)(H,30,36)(H,33,34). The molecule has 0 radical (unpaired) electrons. The molecule has 3 N–H and O–H groups in total. The Balaban J connectivity index is 1.28. The first kappa shape index (κ1) is 20.5. The third-order valence-corrected chi connectivity index (χ3v) is 6.41. The van der Waals surface area contributed by atoms with Crippen molar-refractivity contribution in [3.8, 4) is 28.3 Å². The molecule has 0 unspecified atom stereocenters. The van der Waals surface area contributed by atoms with Crippen LogP contribution in [0, 0.1) is 12.8 Å². The molecule has 1 fully saturated rings. The van der Waals surface area contributed by atoms with Crippen LogP contribution in [0.2, 0.25) is 0 Å². The van der Waals surface area contributed by atoms with Crippen molar-refractivity contribution in [3.05, 3.63) is 67.1 Å². The Kier molecular flexibility index (Phi) is 4.47. The highest BCUT2D eigenvalue weighted by Gasteiger charge is 2.29. The predicted octanol–water partition coefficient (Wildman–Crippen LogP) is 4.41. The fraction of sp³-hybridized carbons (Fsp3) is 0.154. The molecule has 7 rings (SSSR count). The van der Waals surface area contributed by atoms with Gasteiger partial charge in [0.1, 0.15) is 16.9 Å². The van der Waals surface area contributed by atoms with Crippen molar-refractivity contribution < 1.29 is 4.79 Å². The number of nitrogens with one attached hydrogen (secondary N) is 3. The van der Waals surface area contributed by atoms with Crippen LogP contribution in [0.4, 0.5) is 5.69 Å². The molecule has 10 nitrogen and oxygen atoms in total. The summed E-state index contributed by atoms with van der Waals surface area (Å²) in [4.78, 5) is 33.6. The van der Waals surface area contributed by atoms with Gasteiger partial charge in [-0.15, -0.1) is 0 Å². The molecule has 1 amide bonds. The zero-order valence-electron chi connectivity index (χ0n) is 19.4. The van der Waals surface area contributed by atoms with E-state index < -0.39 is 0 Å². The minimum absolute atomic E-state index is 0.0483. The van der Waals surface area contributed by atoms with Crippen LogP contribution in [-0.4, -0.2) is 45.6 Å². The van der Waals surface area contributed by atoms with E-state index in [4.69, 9.17) is 4.98 Å². The molecule has 6 heterocycles. The number of amides is 1. The van der Waals surface area contributed by atoms with Crippen LogP contribution in [-0.2, 0) is 4.79 Å². The smallest absolute Gasteiger partial charge is 0.227 e. The first-order valence-corrected chi connectivity index (χ1v) is 11.7. The molecule has 0 bridgehead atoms. The van der Waals surface area contributed by atoms with Gasteiger partial charge in [-0.3, -0.25) is 14.9 Å². The van der Waals surface area contributed by atoms with Crippen molar-refractivity contribution in [2.45, 2.75) is 19.8 Å². The van der Waals surface area contributed by atoms with Crippen LogP contribution in [0.5, 0.6) is 0 Å². The summed E-state index contributed by atoms with van der Waals surface area (Å²) in [6, 6.07) is 9.76. The third-order valence-electron chi connectivity index (χ3n) is 6.41. The Morgan fingerprint density at radius 3 is 2.89 bits per heavy atom. The Hall–Kier alpha value is -4.86. The Labute approximate surface area is 204 Å². The van der Waals surface area contributed by atoms with E-state index >= 15 is 0 Å². The number of hydrogen-bond acceptors (Lipinski definition) is 6. The van der Waals surface area contributed by atoms with Crippen molar-refractivity contribution >= 4 is 33.7 Å². The van der Waals surface area contributed by atoms with Gasteiger partial charge in [-0.05, 0) is 50.1 Å². The monoisotopic (exact) mass is 475 g/mol. The minimum atomic E-state index is 0.0483. The molecule has 1 saturated carbocycles. The van der Waals surface area contributed by atoms with Gasteiger partial charge >= 0.3 is 0 Å². The predicted molar refractivity (Wildman–Crippen MR) is 135 cm³/mol. The second kappa shape index (κ2) is 7.84. The zero-order chi connectivity index (χ0) is 24.2. The summed E-state index contributed by atoms with van der Waals surface area (Å²) in [6.45, 7) is 1.96. The maximum Gasteiger partial charge on any atom is 0.227 e. The summed E-state index contributed by atoms with van der Waals surface area (Å²) in [5.41, 5.74) is 7.95. The highest BCUT2D eigenvalue weighted by Crippen LogP contribution is 2.32. The van der Waals surface area contributed by atoms with Crippen LogP contribution in [0.25, 0.3) is 50.4 Å². The second-order valence-electron chi connectivity index (χ2n) is 9.09. The van der Waals surface area contributed by atoms with Gasteiger partial charge in [-0.2, -0.15) is 5.10 Å². The molecule has 0 aliphatic heterocycles. The van der Waals surface area contributed by atoms with Gasteiger partial charge in [0.2, 0.25) is 5.91 Å². The topological polar surface area (TPSA) is 130 Å². The number of H-pyrrole nitrogens is 2. The van der Waals surface area contributed by atoms with E-state index in [-0.39, 0.29) is 11.8 Å². The summed E-state index contributed by atoms with van der Waals surface area (Å²) in [5.74, 6) is 0.174. The average molecular weight is 476 g/mol. The van der Waals surface area contributed by atoms with Crippen LogP contribution in [0.3, 0.4) is 0 Å². The van der Waals surface area contributed by atoms with Crippen LogP contribution in [0.15, 0.2) is 61.4 Å². The number of pyridine rings is 3. The Morgan fingerprint density at radius 2 is 2.06 bits per heavy atom. The van der Waals surface area contributed by atoms with E-state index in [0.717, 1.165) is 63.2 Å². The fourth-order valence-electron chi connectivity index (χ4n) is 4.40. The third kappa shape index (κ3) is 3.50. The highest BCUT2D eigenvalue weighted by molar-refractivity contribution is 5.96. The lowest BCUT2D eigenvalue weighted by atomic mass is 10.1. The van der Waals surface area contributed by atoms with Crippen molar-refractivity contribution in [2.75, 3.05) is 5.32 Å². The number of aromatic amines is 2. The number of imidazole rings is 1. The van der Waals surface area contributed by atoms with Crippen molar-refractivity contribution in [2.24, 2.45) is 5.92 Å². The molecule has 1 aliphatic rings. The number of aryl methyl sites for hydroxylation is 1. The van der Waals surface area contributed by atoms with Gasteiger partial charge in [0.15, 0.2) is 0 Å². The number of aromatic nitrogens is 8. The van der Waals surface area contributed by atoms with Gasteiger partial charge in [0.05, 0.1) is 46.5 Å². The summed E-state index contributed by atoms with van der Waals surface area (Å²) in [7, 11) is 0. The first-order chi connectivity index (χ1) is 17.6. The van der Waals surface area contributed by atoms with Gasteiger partial charge in [0.25, 0.3) is 0 Å². The molecular weight excluding hydrogens is 454 g/mol. The van der Waals surface area contributed by atoms with E-state index in [9.17, 15) is 4.79 Å². The maximum atomic E-state index is 12.2. The summed E-state index contributed by atoms with van der Waals surface area (Å²) >= 11 is 0. The molecule has 6 aromatic rings. The average Bonchev–Trinajstić information content (AvgIpc) is 3.30. The molecule has 0 aromatic carbocycles. The van der Waals surface area contributed by atoms with E-state index in [1.54, 1.807) is 24.9 Å². The van der Waals surface area contributed by atoms with Crippen molar-refractivity contribution in [3.63, 3.8) is 0 Å². The molecule has 176 valence electrons. The van der Waals surface area contributed by atoms with Crippen LogP contribution in [0.1, 0.15) is 18.5 Å². The van der Waals surface area contributed by atoms with E-state index in [1.807, 2.05) is 48.0 Å². The lowest BCUT2D eigenvalue weighted by molar-refractivity contribution is -0.117. The molecule has 0 saturated heterocycles. The number of nitrogens with zero attached hydrogens (tertiary/aromatic N) is 6. The van der Waals surface area contributed by atoms with Crippen LogP contribution >= 0.6 is 0 Å². The van der Waals surface area contributed by atoms with Gasteiger partial charge in [-0.1, -0.05) is 0 Å². The van der Waals surface area contributed by atoms with E-state index in [1.165, 1.54) is 0 Å². The number of fused-ring (bicyclic) bond motifs is 2. The maximum absolute atomic E-state index is 12.2. The lowest BCUT2D eigenvalue weighted by Gasteiger charge is -2.06. The molecule has 0 atom stereocenters. The second-order valence-corrected chi connectivity index (χ2v) is 9.09. The summed E-state index contributed by atoms with van der Waals surface area (Å²) < 4.78 is 1.98. The molecule has 36 heavy (non-hydrogen) atoms. The SMILES string of the molecule is Cc1cn(-c2ccnc3[nH]c(-c4n[nH]c5ccc(-c6cncc(NC(=O)C7CC7)c6)nc45)cc23)cn1. The number of carbonyl (C=O) groups is 1. The largest absolute Gasteiger partial charge is 0.338 e. The Morgan fingerprint density at radius 1 is 1.14 bits per heavy atom. The molecular formula is C26H21N9O. The van der Waals surface area contributed by atoms with Gasteiger partial charge < -0.3 is 14.9 Å². The van der Waals surface area contributed by atoms with E-state index in [2.05, 4.69) is 35.5 Å². The summed E-state index contributed by atoms with van der Waals surface area (Å²) in [5, 5.41) is 11.5. The number of hydrogen-bond donors (Lipinski definition) is 3. The minimum Gasteiger partial charge on any atom is -0.338 e. The molecule has 6 aromatic heterocycles.